The fourth-order valence-electron chi connectivity index (χ4n) is 2.03. The predicted octanol–water partition coefficient (Wildman–Crippen LogP) is 3.49. The normalized spacial score (nSPS) is 11.7. The van der Waals surface area contributed by atoms with Gasteiger partial charge in [0.05, 0.1) is 6.61 Å². The van der Waals surface area contributed by atoms with E-state index in [1.165, 1.54) is 0 Å². The summed E-state index contributed by atoms with van der Waals surface area (Å²) in [5.41, 5.74) is 1.62. The summed E-state index contributed by atoms with van der Waals surface area (Å²) in [6.45, 7) is 2.80. The molecule has 22 heavy (non-hydrogen) atoms. The van der Waals surface area contributed by atoms with Gasteiger partial charge in [0.1, 0.15) is 19.0 Å². The molecule has 0 saturated heterocycles. The molecule has 1 unspecified atom stereocenters. The highest BCUT2D eigenvalue weighted by Gasteiger charge is 2.11. The molecule has 116 valence electrons. The molecule has 0 aliphatic rings. The van der Waals surface area contributed by atoms with Crippen molar-refractivity contribution in [2.24, 2.45) is 0 Å². The van der Waals surface area contributed by atoms with Crippen molar-refractivity contribution < 1.29 is 19.0 Å². The van der Waals surface area contributed by atoms with Gasteiger partial charge >= 0.3 is 0 Å². The van der Waals surface area contributed by atoms with Crippen LogP contribution in [0.25, 0.3) is 0 Å². The van der Waals surface area contributed by atoms with Crippen molar-refractivity contribution in [2.45, 2.75) is 19.6 Å². The minimum absolute atomic E-state index is 0.133. The third-order valence-electron chi connectivity index (χ3n) is 3.07. The van der Waals surface area contributed by atoms with Gasteiger partial charge in [-0.15, -0.1) is 0 Å². The zero-order chi connectivity index (χ0) is 15.8. The van der Waals surface area contributed by atoms with Gasteiger partial charge in [-0.3, -0.25) is 4.79 Å². The standard InChI is InChI=1S/C18H20O4/c1-14(12-20-2)22-18-10-16(11-19)8-9-17(18)21-13-15-6-4-3-5-7-15/h3-11,14H,12-13H2,1-2H3. The van der Waals surface area contributed by atoms with Crippen LogP contribution in [0.2, 0.25) is 0 Å². The topological polar surface area (TPSA) is 44.8 Å². The largest absolute Gasteiger partial charge is 0.485 e. The van der Waals surface area contributed by atoms with Crippen LogP contribution < -0.4 is 9.47 Å². The lowest BCUT2D eigenvalue weighted by Crippen LogP contribution is -2.18. The minimum Gasteiger partial charge on any atom is -0.485 e. The van der Waals surface area contributed by atoms with Crippen molar-refractivity contribution in [3.63, 3.8) is 0 Å². The number of hydrogen-bond donors (Lipinski definition) is 0. The maximum atomic E-state index is 10.9. The van der Waals surface area contributed by atoms with Crippen molar-refractivity contribution in [2.75, 3.05) is 13.7 Å². The fraction of sp³-hybridized carbons (Fsp3) is 0.278. The third-order valence-corrected chi connectivity index (χ3v) is 3.07. The van der Waals surface area contributed by atoms with E-state index in [4.69, 9.17) is 14.2 Å². The van der Waals surface area contributed by atoms with Gasteiger partial charge in [0.25, 0.3) is 0 Å². The summed E-state index contributed by atoms with van der Waals surface area (Å²) in [5, 5.41) is 0. The summed E-state index contributed by atoms with van der Waals surface area (Å²) in [7, 11) is 1.62. The first-order valence-electron chi connectivity index (χ1n) is 7.14. The Labute approximate surface area is 130 Å². The van der Waals surface area contributed by atoms with E-state index in [2.05, 4.69) is 0 Å². The van der Waals surface area contributed by atoms with Crippen molar-refractivity contribution >= 4 is 6.29 Å². The van der Waals surface area contributed by atoms with Crippen molar-refractivity contribution in [1.82, 2.24) is 0 Å². The second kappa shape index (κ2) is 8.20. The molecule has 0 aliphatic heterocycles. The van der Waals surface area contributed by atoms with Crippen LogP contribution >= 0.6 is 0 Å². The number of aldehydes is 1. The summed E-state index contributed by atoms with van der Waals surface area (Å²) in [6, 6.07) is 15.0. The highest BCUT2D eigenvalue weighted by Crippen LogP contribution is 2.29. The molecule has 2 aromatic carbocycles. The van der Waals surface area contributed by atoms with Crippen LogP contribution in [0, 0.1) is 0 Å². The number of hydrogen-bond acceptors (Lipinski definition) is 4. The lowest BCUT2D eigenvalue weighted by atomic mass is 10.2. The van der Waals surface area contributed by atoms with Crippen LogP contribution in [0.15, 0.2) is 48.5 Å². The maximum Gasteiger partial charge on any atom is 0.162 e. The van der Waals surface area contributed by atoms with Crippen LogP contribution in [0.1, 0.15) is 22.8 Å². The van der Waals surface area contributed by atoms with E-state index in [0.717, 1.165) is 11.8 Å². The summed E-state index contributed by atoms with van der Waals surface area (Å²) in [6.07, 6.45) is 0.653. The van der Waals surface area contributed by atoms with Crippen LogP contribution in [-0.2, 0) is 11.3 Å². The Kier molecular flexibility index (Phi) is 5.98. The molecule has 0 bridgehead atoms. The van der Waals surface area contributed by atoms with E-state index in [0.29, 0.717) is 30.3 Å². The molecular weight excluding hydrogens is 280 g/mol. The Bertz CT molecular complexity index is 595. The first kappa shape index (κ1) is 16.0. The summed E-state index contributed by atoms with van der Waals surface area (Å²) < 4.78 is 16.7. The van der Waals surface area contributed by atoms with Gasteiger partial charge in [0.15, 0.2) is 11.5 Å². The minimum atomic E-state index is -0.133. The molecule has 0 amide bonds. The lowest BCUT2D eigenvalue weighted by molar-refractivity contribution is 0.0888. The summed E-state index contributed by atoms with van der Waals surface area (Å²) >= 11 is 0. The van der Waals surface area contributed by atoms with Crippen molar-refractivity contribution in [3.8, 4) is 11.5 Å². The quantitative estimate of drug-likeness (QED) is 0.700. The predicted molar refractivity (Wildman–Crippen MR) is 84.6 cm³/mol. The highest BCUT2D eigenvalue weighted by atomic mass is 16.5. The molecule has 4 heteroatoms. The molecule has 4 nitrogen and oxygen atoms in total. The second-order valence-corrected chi connectivity index (χ2v) is 4.98. The van der Waals surface area contributed by atoms with E-state index in [1.54, 1.807) is 25.3 Å². The second-order valence-electron chi connectivity index (χ2n) is 4.98. The first-order valence-corrected chi connectivity index (χ1v) is 7.14. The molecule has 0 fully saturated rings. The Balaban J connectivity index is 2.12. The van der Waals surface area contributed by atoms with Gasteiger partial charge in [-0.05, 0) is 30.7 Å². The Hall–Kier alpha value is -2.33. The molecular formula is C18H20O4. The number of rotatable bonds is 8. The molecule has 2 rings (SSSR count). The van der Waals surface area contributed by atoms with E-state index < -0.39 is 0 Å². The van der Waals surface area contributed by atoms with Crippen LogP contribution in [-0.4, -0.2) is 26.1 Å². The van der Waals surface area contributed by atoms with Gasteiger partial charge in [0.2, 0.25) is 0 Å². The third kappa shape index (κ3) is 4.60. The molecule has 0 spiro atoms. The zero-order valence-electron chi connectivity index (χ0n) is 12.8. The van der Waals surface area contributed by atoms with Gasteiger partial charge in [-0.25, -0.2) is 0 Å². The van der Waals surface area contributed by atoms with E-state index in [9.17, 15) is 4.79 Å². The van der Waals surface area contributed by atoms with Crippen molar-refractivity contribution in [3.05, 3.63) is 59.7 Å². The molecule has 0 radical (unpaired) electrons. The number of carbonyl (C=O) groups is 1. The fourth-order valence-corrected chi connectivity index (χ4v) is 2.03. The Morgan fingerprint density at radius 2 is 1.86 bits per heavy atom. The molecule has 0 heterocycles. The SMILES string of the molecule is COCC(C)Oc1cc(C=O)ccc1OCc1ccccc1. The summed E-state index contributed by atoms with van der Waals surface area (Å²) in [5.74, 6) is 1.16. The average Bonchev–Trinajstić information content (AvgIpc) is 2.54. The molecule has 0 aromatic heterocycles. The zero-order valence-corrected chi connectivity index (χ0v) is 12.8. The number of carbonyl (C=O) groups excluding carboxylic acids is 1. The number of methoxy groups -OCH3 is 1. The summed E-state index contributed by atoms with van der Waals surface area (Å²) in [4.78, 5) is 10.9. The van der Waals surface area contributed by atoms with Crippen LogP contribution in [0.5, 0.6) is 11.5 Å². The average molecular weight is 300 g/mol. The Morgan fingerprint density at radius 1 is 1.09 bits per heavy atom. The van der Waals surface area contributed by atoms with Gasteiger partial charge in [-0.2, -0.15) is 0 Å². The number of benzene rings is 2. The highest BCUT2D eigenvalue weighted by molar-refractivity contribution is 5.76. The molecule has 0 N–H and O–H groups in total. The van der Waals surface area contributed by atoms with Crippen molar-refractivity contribution in [1.29, 1.82) is 0 Å². The maximum absolute atomic E-state index is 10.9. The Morgan fingerprint density at radius 3 is 2.55 bits per heavy atom. The van der Waals surface area contributed by atoms with E-state index >= 15 is 0 Å². The van der Waals surface area contributed by atoms with Crippen LogP contribution in [0.3, 0.4) is 0 Å². The van der Waals surface area contributed by atoms with Gasteiger partial charge in [-0.1, -0.05) is 30.3 Å². The van der Waals surface area contributed by atoms with Gasteiger partial charge < -0.3 is 14.2 Å². The van der Waals surface area contributed by atoms with Crippen LogP contribution in [0.4, 0.5) is 0 Å². The van der Waals surface area contributed by atoms with E-state index in [1.807, 2.05) is 37.3 Å². The van der Waals surface area contributed by atoms with E-state index in [-0.39, 0.29) is 6.10 Å². The molecule has 0 aliphatic carbocycles. The smallest absolute Gasteiger partial charge is 0.162 e. The lowest BCUT2D eigenvalue weighted by Gasteiger charge is -2.17. The number of ether oxygens (including phenoxy) is 3. The van der Waals surface area contributed by atoms with Gasteiger partial charge in [0, 0.05) is 12.7 Å². The molecule has 1 atom stereocenters. The molecule has 2 aromatic rings. The molecule has 0 saturated carbocycles. The first-order chi connectivity index (χ1) is 10.7. The monoisotopic (exact) mass is 300 g/mol.